The van der Waals surface area contributed by atoms with Crippen molar-refractivity contribution in [2.24, 2.45) is 0 Å². The van der Waals surface area contributed by atoms with Crippen LogP contribution in [0.25, 0.3) is 16.9 Å². The average molecular weight is 334 g/mol. The van der Waals surface area contributed by atoms with E-state index in [9.17, 15) is 0 Å². The summed E-state index contributed by atoms with van der Waals surface area (Å²) in [5.41, 5.74) is 2.90. The van der Waals surface area contributed by atoms with Gasteiger partial charge in [0.15, 0.2) is 11.5 Å². The normalized spacial score (nSPS) is 11.1. The third kappa shape index (κ3) is 2.93. The molecule has 4 heterocycles. The summed E-state index contributed by atoms with van der Waals surface area (Å²) in [5, 5.41) is 13.1. The van der Waals surface area contributed by atoms with Gasteiger partial charge < -0.3 is 5.32 Å². The third-order valence-corrected chi connectivity index (χ3v) is 3.95. The summed E-state index contributed by atoms with van der Waals surface area (Å²) >= 11 is 0. The second-order valence-corrected chi connectivity index (χ2v) is 5.78. The molecule has 0 radical (unpaired) electrons. The standard InChI is InChI=1S/C17H18N8/c1-12-9-13(2)24(23-12)8-7-19-16-14-10-22-25(17(14)21-11-20-16)15-5-3-4-6-18-15/h3-6,9-11H,7-8H2,1-2H3,(H,19,20,21). The van der Waals surface area contributed by atoms with Crippen molar-refractivity contribution in [2.45, 2.75) is 20.4 Å². The molecular weight excluding hydrogens is 316 g/mol. The minimum absolute atomic E-state index is 0.711. The second kappa shape index (κ2) is 6.31. The molecule has 0 atom stereocenters. The zero-order valence-electron chi connectivity index (χ0n) is 14.1. The molecule has 0 bridgehead atoms. The first-order valence-corrected chi connectivity index (χ1v) is 8.07. The summed E-state index contributed by atoms with van der Waals surface area (Å²) < 4.78 is 3.70. The molecule has 8 nitrogen and oxygen atoms in total. The molecule has 0 aromatic carbocycles. The lowest BCUT2D eigenvalue weighted by molar-refractivity contribution is 0.614. The molecule has 0 saturated carbocycles. The van der Waals surface area contributed by atoms with Crippen LogP contribution in [0.15, 0.2) is 43.0 Å². The van der Waals surface area contributed by atoms with Crippen LogP contribution in [0.3, 0.4) is 0 Å². The molecule has 25 heavy (non-hydrogen) atoms. The highest BCUT2D eigenvalue weighted by Gasteiger charge is 2.11. The van der Waals surface area contributed by atoms with Gasteiger partial charge in [0, 0.05) is 18.4 Å². The second-order valence-electron chi connectivity index (χ2n) is 5.78. The van der Waals surface area contributed by atoms with Crippen molar-refractivity contribution < 1.29 is 0 Å². The lowest BCUT2D eigenvalue weighted by atomic mass is 10.4. The van der Waals surface area contributed by atoms with E-state index in [1.165, 1.54) is 6.33 Å². The van der Waals surface area contributed by atoms with E-state index in [1.54, 1.807) is 17.1 Å². The van der Waals surface area contributed by atoms with Crippen molar-refractivity contribution in [3.05, 3.63) is 54.4 Å². The van der Waals surface area contributed by atoms with Gasteiger partial charge in [0.2, 0.25) is 0 Å². The van der Waals surface area contributed by atoms with Crippen LogP contribution in [0.4, 0.5) is 5.82 Å². The maximum Gasteiger partial charge on any atom is 0.170 e. The Labute approximate surface area is 144 Å². The summed E-state index contributed by atoms with van der Waals surface area (Å²) in [6, 6.07) is 7.75. The zero-order valence-corrected chi connectivity index (χ0v) is 14.1. The van der Waals surface area contributed by atoms with Crippen LogP contribution in [0.1, 0.15) is 11.4 Å². The van der Waals surface area contributed by atoms with Crippen molar-refractivity contribution in [1.82, 2.24) is 34.5 Å². The van der Waals surface area contributed by atoms with Crippen molar-refractivity contribution in [3.8, 4) is 5.82 Å². The van der Waals surface area contributed by atoms with Gasteiger partial charge in [0.25, 0.3) is 0 Å². The van der Waals surface area contributed by atoms with E-state index in [2.05, 4.69) is 43.5 Å². The summed E-state index contributed by atoms with van der Waals surface area (Å²) in [4.78, 5) is 13.0. The van der Waals surface area contributed by atoms with E-state index >= 15 is 0 Å². The highest BCUT2D eigenvalue weighted by Crippen LogP contribution is 2.20. The Morgan fingerprint density at radius 2 is 2.04 bits per heavy atom. The molecule has 4 aromatic heterocycles. The van der Waals surface area contributed by atoms with Gasteiger partial charge in [-0.05, 0) is 32.0 Å². The Bertz CT molecular complexity index is 1000. The number of anilines is 1. The number of aryl methyl sites for hydroxylation is 2. The van der Waals surface area contributed by atoms with E-state index in [0.29, 0.717) is 6.54 Å². The first-order chi connectivity index (χ1) is 12.2. The Kier molecular flexibility index (Phi) is 3.85. The number of hydrogen-bond donors (Lipinski definition) is 1. The Balaban J connectivity index is 1.56. The number of nitrogens with one attached hydrogen (secondary N) is 1. The van der Waals surface area contributed by atoms with Crippen LogP contribution in [0.2, 0.25) is 0 Å². The molecule has 8 heteroatoms. The molecule has 4 rings (SSSR count). The van der Waals surface area contributed by atoms with Crippen LogP contribution in [0, 0.1) is 13.8 Å². The molecule has 0 amide bonds. The van der Waals surface area contributed by atoms with E-state index in [-0.39, 0.29) is 0 Å². The highest BCUT2D eigenvalue weighted by atomic mass is 15.3. The fourth-order valence-corrected chi connectivity index (χ4v) is 2.81. The summed E-state index contributed by atoms with van der Waals surface area (Å²) in [6.07, 6.45) is 5.03. The van der Waals surface area contributed by atoms with Crippen molar-refractivity contribution in [1.29, 1.82) is 0 Å². The number of aromatic nitrogens is 7. The molecule has 0 spiro atoms. The number of hydrogen-bond acceptors (Lipinski definition) is 6. The summed E-state index contributed by atoms with van der Waals surface area (Å²) in [5.74, 6) is 1.48. The molecule has 0 unspecified atom stereocenters. The van der Waals surface area contributed by atoms with Crippen molar-refractivity contribution in [2.75, 3.05) is 11.9 Å². The lowest BCUT2D eigenvalue weighted by Crippen LogP contribution is -2.13. The SMILES string of the molecule is Cc1cc(C)n(CCNc2ncnc3c2cnn3-c2ccccn2)n1. The Hall–Kier alpha value is -3.29. The fraction of sp³-hybridized carbons (Fsp3) is 0.235. The Morgan fingerprint density at radius 1 is 1.12 bits per heavy atom. The van der Waals surface area contributed by atoms with Crippen molar-refractivity contribution >= 4 is 16.9 Å². The van der Waals surface area contributed by atoms with Gasteiger partial charge in [-0.3, -0.25) is 4.68 Å². The maximum absolute atomic E-state index is 4.47. The third-order valence-electron chi connectivity index (χ3n) is 3.95. The molecule has 0 aliphatic rings. The van der Waals surface area contributed by atoms with Gasteiger partial charge in [0.1, 0.15) is 12.1 Å². The molecule has 0 fully saturated rings. The van der Waals surface area contributed by atoms with Gasteiger partial charge >= 0.3 is 0 Å². The topological polar surface area (TPSA) is 86.3 Å². The fourth-order valence-electron chi connectivity index (χ4n) is 2.81. The van der Waals surface area contributed by atoms with Gasteiger partial charge in [-0.2, -0.15) is 14.9 Å². The first-order valence-electron chi connectivity index (χ1n) is 8.07. The number of rotatable bonds is 5. The largest absolute Gasteiger partial charge is 0.367 e. The minimum Gasteiger partial charge on any atom is -0.367 e. The first kappa shape index (κ1) is 15.3. The van der Waals surface area contributed by atoms with Crippen molar-refractivity contribution in [3.63, 3.8) is 0 Å². The molecule has 1 N–H and O–H groups in total. The molecule has 0 aliphatic heterocycles. The zero-order chi connectivity index (χ0) is 17.2. The van der Waals surface area contributed by atoms with E-state index in [1.807, 2.05) is 29.8 Å². The van der Waals surface area contributed by atoms with E-state index < -0.39 is 0 Å². The van der Waals surface area contributed by atoms with Crippen LogP contribution >= 0.6 is 0 Å². The lowest BCUT2D eigenvalue weighted by Gasteiger charge is -2.08. The van der Waals surface area contributed by atoms with Gasteiger partial charge in [0.05, 0.1) is 23.8 Å². The molecule has 0 saturated heterocycles. The summed E-state index contributed by atoms with van der Waals surface area (Å²) in [7, 11) is 0. The van der Waals surface area contributed by atoms with Gasteiger partial charge in [-0.25, -0.2) is 15.0 Å². The van der Waals surface area contributed by atoms with Crippen LogP contribution in [-0.4, -0.2) is 41.1 Å². The number of fused-ring (bicyclic) bond motifs is 1. The summed E-state index contributed by atoms with van der Waals surface area (Å²) in [6.45, 7) is 5.53. The molecule has 4 aromatic rings. The molecular formula is C17H18N8. The Morgan fingerprint density at radius 3 is 2.80 bits per heavy atom. The maximum atomic E-state index is 4.47. The monoisotopic (exact) mass is 334 g/mol. The molecule has 126 valence electrons. The van der Waals surface area contributed by atoms with E-state index in [4.69, 9.17) is 0 Å². The van der Waals surface area contributed by atoms with Crippen LogP contribution in [-0.2, 0) is 6.54 Å². The van der Waals surface area contributed by atoms with Gasteiger partial charge in [-0.1, -0.05) is 6.07 Å². The van der Waals surface area contributed by atoms with Crippen LogP contribution in [0.5, 0.6) is 0 Å². The molecule has 0 aliphatic carbocycles. The number of pyridine rings is 1. The van der Waals surface area contributed by atoms with E-state index in [0.717, 1.165) is 40.6 Å². The average Bonchev–Trinajstić information content (AvgIpc) is 3.19. The smallest absolute Gasteiger partial charge is 0.170 e. The minimum atomic E-state index is 0.711. The predicted molar refractivity (Wildman–Crippen MR) is 94.6 cm³/mol. The van der Waals surface area contributed by atoms with Crippen LogP contribution < -0.4 is 5.32 Å². The number of nitrogens with zero attached hydrogens (tertiary/aromatic N) is 7. The van der Waals surface area contributed by atoms with Gasteiger partial charge in [-0.15, -0.1) is 0 Å². The quantitative estimate of drug-likeness (QED) is 0.602. The predicted octanol–water partition coefficient (Wildman–Crippen LogP) is 2.14. The highest BCUT2D eigenvalue weighted by molar-refractivity contribution is 5.86.